The lowest BCUT2D eigenvalue weighted by Crippen LogP contribution is -2.54. The van der Waals surface area contributed by atoms with Gasteiger partial charge in [0.05, 0.1) is 15.9 Å². The summed E-state index contributed by atoms with van der Waals surface area (Å²) in [5.74, 6) is -0.481. The van der Waals surface area contributed by atoms with Crippen LogP contribution in [0.2, 0.25) is 5.02 Å². The lowest BCUT2D eigenvalue weighted by Gasteiger charge is -2.26. The molecule has 0 bridgehead atoms. The van der Waals surface area contributed by atoms with Crippen LogP contribution in [0.3, 0.4) is 0 Å². The molecule has 7 nitrogen and oxygen atoms in total. The molecule has 190 valence electrons. The Bertz CT molecular complexity index is 1390. The molecule has 0 unspecified atom stereocenters. The average Bonchev–Trinajstić information content (AvgIpc) is 2.87. The van der Waals surface area contributed by atoms with Crippen molar-refractivity contribution in [1.82, 2.24) is 5.32 Å². The van der Waals surface area contributed by atoms with Crippen molar-refractivity contribution in [2.75, 3.05) is 11.5 Å². The summed E-state index contributed by atoms with van der Waals surface area (Å²) >= 11 is 8.37. The van der Waals surface area contributed by atoms with E-state index < -0.39 is 17.8 Å². The Hall–Kier alpha value is -3.37. The number of carbonyl (C=O) groups excluding carboxylic acids is 3. The van der Waals surface area contributed by atoms with E-state index in [1.165, 1.54) is 6.08 Å². The summed E-state index contributed by atoms with van der Waals surface area (Å²) < 4.78 is 12.6. The van der Waals surface area contributed by atoms with Gasteiger partial charge in [0, 0.05) is 10.6 Å². The Balaban J connectivity index is 1.65. The second-order valence-corrected chi connectivity index (χ2v) is 9.69. The van der Waals surface area contributed by atoms with Crippen LogP contribution in [0.4, 0.5) is 10.5 Å². The normalized spacial score (nSPS) is 14.6. The number of ether oxygens (including phenoxy) is 2. The number of hydrogen-bond donors (Lipinski definition) is 1. The number of nitrogens with zero attached hydrogens (tertiary/aromatic N) is 1. The highest BCUT2D eigenvalue weighted by Crippen LogP contribution is 2.36. The molecule has 1 saturated heterocycles. The van der Waals surface area contributed by atoms with Crippen molar-refractivity contribution in [3.05, 3.63) is 91.5 Å². The highest BCUT2D eigenvalue weighted by Gasteiger charge is 2.36. The smallest absolute Gasteiger partial charge is 0.335 e. The number of hydrogen-bond acceptors (Lipinski definition) is 5. The van der Waals surface area contributed by atoms with E-state index in [0.717, 1.165) is 22.4 Å². The molecule has 0 spiro atoms. The van der Waals surface area contributed by atoms with E-state index >= 15 is 0 Å². The number of benzene rings is 3. The number of imide groups is 2. The van der Waals surface area contributed by atoms with Gasteiger partial charge < -0.3 is 9.47 Å². The van der Waals surface area contributed by atoms with Crippen LogP contribution in [0.25, 0.3) is 6.08 Å². The monoisotopic (exact) mass is 630 g/mol. The first-order valence-electron chi connectivity index (χ1n) is 11.6. The Morgan fingerprint density at radius 1 is 1.00 bits per heavy atom. The SMILES string of the molecule is CCOc1cc(/C=C2/C(=O)NC(=O)N(c3ccc(CC)cc3)C2=O)cc(I)c1OCc1ccccc1Cl. The largest absolute Gasteiger partial charge is 0.490 e. The molecule has 3 aromatic rings. The number of carbonyl (C=O) groups is 3. The number of rotatable bonds is 8. The summed E-state index contributed by atoms with van der Waals surface area (Å²) in [5.41, 5.74) is 2.66. The van der Waals surface area contributed by atoms with Gasteiger partial charge in [-0.2, -0.15) is 0 Å². The predicted molar refractivity (Wildman–Crippen MR) is 151 cm³/mol. The molecular weight excluding hydrogens is 607 g/mol. The van der Waals surface area contributed by atoms with Crippen LogP contribution < -0.4 is 19.7 Å². The lowest BCUT2D eigenvalue weighted by atomic mass is 10.1. The highest BCUT2D eigenvalue weighted by atomic mass is 127. The van der Waals surface area contributed by atoms with Crippen molar-refractivity contribution in [2.45, 2.75) is 26.9 Å². The Morgan fingerprint density at radius 2 is 1.73 bits per heavy atom. The van der Waals surface area contributed by atoms with Crippen LogP contribution >= 0.6 is 34.2 Å². The van der Waals surface area contributed by atoms with Gasteiger partial charge in [0.1, 0.15) is 12.2 Å². The summed E-state index contributed by atoms with van der Waals surface area (Å²) in [4.78, 5) is 39.4. The molecule has 0 atom stereocenters. The first-order valence-corrected chi connectivity index (χ1v) is 13.1. The molecule has 0 radical (unpaired) electrons. The fourth-order valence-electron chi connectivity index (χ4n) is 3.78. The van der Waals surface area contributed by atoms with E-state index in [4.69, 9.17) is 21.1 Å². The first-order chi connectivity index (χ1) is 17.8. The third-order valence-electron chi connectivity index (χ3n) is 5.68. The number of urea groups is 1. The number of halogens is 2. The zero-order valence-electron chi connectivity index (χ0n) is 20.2. The molecule has 0 aliphatic carbocycles. The maximum atomic E-state index is 13.3. The van der Waals surface area contributed by atoms with Crippen LogP contribution in [0.15, 0.2) is 66.2 Å². The van der Waals surface area contributed by atoms with Crippen molar-refractivity contribution in [1.29, 1.82) is 0 Å². The number of barbiturate groups is 1. The molecule has 1 N–H and O–H groups in total. The molecule has 3 aromatic carbocycles. The summed E-state index contributed by atoms with van der Waals surface area (Å²) in [7, 11) is 0. The molecule has 4 rings (SSSR count). The molecule has 1 heterocycles. The molecule has 1 fully saturated rings. The number of aryl methyl sites for hydroxylation is 1. The van der Waals surface area contributed by atoms with Gasteiger partial charge in [0.2, 0.25) is 0 Å². The highest BCUT2D eigenvalue weighted by molar-refractivity contribution is 14.1. The molecule has 9 heteroatoms. The molecule has 1 aliphatic heterocycles. The number of amides is 4. The topological polar surface area (TPSA) is 84.9 Å². The predicted octanol–water partition coefficient (Wildman–Crippen LogP) is 6.15. The minimum atomic E-state index is -0.788. The number of nitrogens with one attached hydrogen (secondary N) is 1. The summed E-state index contributed by atoms with van der Waals surface area (Å²) in [5, 5.41) is 2.85. The van der Waals surface area contributed by atoms with Crippen molar-refractivity contribution >= 4 is 63.8 Å². The minimum Gasteiger partial charge on any atom is -0.490 e. The van der Waals surface area contributed by atoms with Crippen LogP contribution in [0, 0.1) is 3.57 Å². The van der Waals surface area contributed by atoms with Gasteiger partial charge in [-0.15, -0.1) is 0 Å². The van der Waals surface area contributed by atoms with Gasteiger partial charge >= 0.3 is 6.03 Å². The van der Waals surface area contributed by atoms with Crippen molar-refractivity contribution < 1.29 is 23.9 Å². The molecule has 0 aromatic heterocycles. The maximum Gasteiger partial charge on any atom is 0.335 e. The van der Waals surface area contributed by atoms with Crippen molar-refractivity contribution in [3.63, 3.8) is 0 Å². The van der Waals surface area contributed by atoms with Gasteiger partial charge in [-0.05, 0) is 83.5 Å². The molecule has 0 saturated carbocycles. The Kier molecular flexibility index (Phi) is 8.50. The molecule has 4 amide bonds. The van der Waals surface area contributed by atoms with E-state index in [0.29, 0.717) is 37.9 Å². The fourth-order valence-corrected chi connectivity index (χ4v) is 4.75. The zero-order valence-corrected chi connectivity index (χ0v) is 23.1. The third kappa shape index (κ3) is 5.97. The summed E-state index contributed by atoms with van der Waals surface area (Å²) in [6, 6.07) is 17.1. The van der Waals surface area contributed by atoms with Crippen LogP contribution in [0.1, 0.15) is 30.5 Å². The Morgan fingerprint density at radius 3 is 2.41 bits per heavy atom. The van der Waals surface area contributed by atoms with Gasteiger partial charge in [0.25, 0.3) is 11.8 Å². The standard InChI is InChI=1S/C28H24ClIN2O5/c1-3-17-9-11-20(12-10-17)32-27(34)21(26(33)31-28(32)35)13-18-14-23(30)25(24(15-18)36-4-2)37-16-19-7-5-6-8-22(19)29/h5-15H,3-4,16H2,1-2H3,(H,31,33,35)/b21-13-. The second-order valence-electron chi connectivity index (χ2n) is 8.12. The van der Waals surface area contributed by atoms with Crippen molar-refractivity contribution in [3.8, 4) is 11.5 Å². The minimum absolute atomic E-state index is 0.165. The van der Waals surface area contributed by atoms with Gasteiger partial charge in [0.15, 0.2) is 11.5 Å². The van der Waals surface area contributed by atoms with E-state index in [1.54, 1.807) is 30.3 Å². The fraction of sp³-hybridized carbons (Fsp3) is 0.179. The first kappa shape index (κ1) is 26.7. The quantitative estimate of drug-likeness (QED) is 0.183. The van der Waals surface area contributed by atoms with Crippen LogP contribution in [0.5, 0.6) is 11.5 Å². The zero-order chi connectivity index (χ0) is 26.5. The van der Waals surface area contributed by atoms with E-state index in [1.807, 2.05) is 44.2 Å². The summed E-state index contributed by atoms with van der Waals surface area (Å²) in [6.45, 7) is 4.48. The van der Waals surface area contributed by atoms with Crippen molar-refractivity contribution in [2.24, 2.45) is 0 Å². The van der Waals surface area contributed by atoms with Crippen LogP contribution in [-0.2, 0) is 22.6 Å². The second kappa shape index (κ2) is 11.8. The average molecular weight is 631 g/mol. The van der Waals surface area contributed by atoms with E-state index in [-0.39, 0.29) is 12.2 Å². The van der Waals surface area contributed by atoms with E-state index in [2.05, 4.69) is 27.9 Å². The number of anilines is 1. The van der Waals surface area contributed by atoms with Gasteiger partial charge in [-0.25, -0.2) is 9.69 Å². The molecule has 37 heavy (non-hydrogen) atoms. The van der Waals surface area contributed by atoms with Crippen LogP contribution in [-0.4, -0.2) is 24.5 Å². The summed E-state index contributed by atoms with van der Waals surface area (Å²) in [6.07, 6.45) is 2.27. The lowest BCUT2D eigenvalue weighted by molar-refractivity contribution is -0.122. The third-order valence-corrected chi connectivity index (χ3v) is 6.85. The Labute approximate surface area is 233 Å². The maximum absolute atomic E-state index is 13.3. The van der Waals surface area contributed by atoms with Gasteiger partial charge in [-0.3, -0.25) is 14.9 Å². The van der Waals surface area contributed by atoms with E-state index in [9.17, 15) is 14.4 Å². The van der Waals surface area contributed by atoms with Gasteiger partial charge in [-0.1, -0.05) is 48.9 Å². The molecule has 1 aliphatic rings. The molecular formula is C28H24ClIN2O5.